The first-order chi connectivity index (χ1) is 13.5. The molecule has 0 saturated carbocycles. The van der Waals surface area contributed by atoms with Crippen molar-refractivity contribution in [3.8, 4) is 0 Å². The van der Waals surface area contributed by atoms with Crippen LogP contribution >= 0.6 is 31.9 Å². The lowest BCUT2D eigenvalue weighted by Gasteiger charge is -2.31. The van der Waals surface area contributed by atoms with Crippen molar-refractivity contribution in [3.63, 3.8) is 0 Å². The number of anilines is 1. The van der Waals surface area contributed by atoms with Crippen LogP contribution < -0.4 is 5.32 Å². The molecule has 8 heteroatoms. The van der Waals surface area contributed by atoms with E-state index in [0.717, 1.165) is 10.9 Å². The van der Waals surface area contributed by atoms with Crippen molar-refractivity contribution in [2.45, 2.75) is 0 Å². The fraction of sp³-hybridized carbons (Fsp3) is 0.250. The van der Waals surface area contributed by atoms with Crippen molar-refractivity contribution in [2.75, 3.05) is 38.0 Å². The van der Waals surface area contributed by atoms with Crippen LogP contribution in [0.1, 0.15) is 15.9 Å². The Bertz CT molecular complexity index is 896. The highest BCUT2D eigenvalue weighted by atomic mass is 79.9. The first kappa shape index (κ1) is 20.7. The van der Waals surface area contributed by atoms with Gasteiger partial charge in [0.25, 0.3) is 0 Å². The lowest BCUT2D eigenvalue weighted by Crippen LogP contribution is -2.48. The summed E-state index contributed by atoms with van der Waals surface area (Å²) in [5.74, 6) is -0.369. The standard InChI is InChI=1S/C20H19Br2N3O3/c21-14-5-6-18(16(11-14)20(28)15-3-1-2-4-17(15)22)23-19(27)12-24-7-9-25(13-26)10-8-24/h1-6,11,13H,7-10,12H2,(H,23,27). The van der Waals surface area contributed by atoms with Crippen LogP contribution in [0.25, 0.3) is 0 Å². The van der Waals surface area contributed by atoms with Crippen molar-refractivity contribution in [1.29, 1.82) is 0 Å². The highest BCUT2D eigenvalue weighted by Gasteiger charge is 2.21. The first-order valence-electron chi connectivity index (χ1n) is 8.78. The predicted molar refractivity (Wildman–Crippen MR) is 114 cm³/mol. The normalized spacial score (nSPS) is 14.6. The van der Waals surface area contributed by atoms with Crippen LogP contribution in [0.4, 0.5) is 5.69 Å². The third kappa shape index (κ3) is 5.06. The number of hydrogen-bond acceptors (Lipinski definition) is 4. The van der Waals surface area contributed by atoms with Crippen molar-refractivity contribution in [1.82, 2.24) is 9.80 Å². The zero-order valence-corrected chi connectivity index (χ0v) is 18.2. The van der Waals surface area contributed by atoms with Gasteiger partial charge in [-0.15, -0.1) is 0 Å². The fourth-order valence-electron chi connectivity index (χ4n) is 3.02. The van der Waals surface area contributed by atoms with Crippen LogP contribution in [-0.2, 0) is 9.59 Å². The molecule has 2 amide bonds. The van der Waals surface area contributed by atoms with E-state index in [2.05, 4.69) is 37.2 Å². The summed E-state index contributed by atoms with van der Waals surface area (Å²) in [6.07, 6.45) is 0.832. The number of carbonyl (C=O) groups is 3. The van der Waals surface area contributed by atoms with E-state index in [4.69, 9.17) is 0 Å². The third-order valence-electron chi connectivity index (χ3n) is 4.54. The first-order valence-corrected chi connectivity index (χ1v) is 10.4. The Hall–Kier alpha value is -2.03. The van der Waals surface area contributed by atoms with E-state index in [1.807, 2.05) is 17.0 Å². The molecule has 0 aromatic heterocycles. The number of nitrogens with zero attached hydrogens (tertiary/aromatic N) is 2. The van der Waals surface area contributed by atoms with Crippen molar-refractivity contribution < 1.29 is 14.4 Å². The fourth-order valence-corrected chi connectivity index (χ4v) is 3.85. The van der Waals surface area contributed by atoms with Gasteiger partial charge in [-0.05, 0) is 30.3 Å². The number of benzene rings is 2. The second-order valence-electron chi connectivity index (χ2n) is 6.46. The topological polar surface area (TPSA) is 69.7 Å². The van der Waals surface area contributed by atoms with E-state index < -0.39 is 0 Å². The molecule has 1 aliphatic heterocycles. The van der Waals surface area contributed by atoms with Crippen LogP contribution in [0.2, 0.25) is 0 Å². The van der Waals surface area contributed by atoms with Gasteiger partial charge in [0.15, 0.2) is 5.78 Å². The van der Waals surface area contributed by atoms with Gasteiger partial charge in [-0.1, -0.05) is 44.0 Å². The molecule has 2 aromatic carbocycles. The van der Waals surface area contributed by atoms with E-state index >= 15 is 0 Å². The molecule has 0 aliphatic carbocycles. The van der Waals surface area contributed by atoms with E-state index in [1.54, 1.807) is 35.2 Å². The molecule has 0 bridgehead atoms. The van der Waals surface area contributed by atoms with E-state index in [1.165, 1.54) is 0 Å². The average molecular weight is 509 g/mol. The summed E-state index contributed by atoms with van der Waals surface area (Å²) in [5, 5.41) is 2.86. The van der Waals surface area contributed by atoms with Gasteiger partial charge in [0.2, 0.25) is 12.3 Å². The van der Waals surface area contributed by atoms with Crippen LogP contribution in [0.15, 0.2) is 51.4 Å². The SMILES string of the molecule is O=CN1CCN(CC(=O)Nc2ccc(Br)cc2C(=O)c2ccccc2Br)CC1. The lowest BCUT2D eigenvalue weighted by atomic mass is 10.0. The van der Waals surface area contributed by atoms with E-state index in [0.29, 0.717) is 47.5 Å². The summed E-state index contributed by atoms with van der Waals surface area (Å²) in [4.78, 5) is 40.0. The summed E-state index contributed by atoms with van der Waals surface area (Å²) < 4.78 is 1.45. The largest absolute Gasteiger partial charge is 0.343 e. The summed E-state index contributed by atoms with van der Waals surface area (Å²) >= 11 is 6.81. The third-order valence-corrected chi connectivity index (χ3v) is 5.73. The van der Waals surface area contributed by atoms with Gasteiger partial charge in [0.05, 0.1) is 12.2 Å². The Labute approximate surface area is 180 Å². The summed E-state index contributed by atoms with van der Waals surface area (Å²) in [5.41, 5.74) is 1.42. The van der Waals surface area contributed by atoms with Gasteiger partial charge in [0.1, 0.15) is 0 Å². The van der Waals surface area contributed by atoms with E-state index in [-0.39, 0.29) is 18.2 Å². The van der Waals surface area contributed by atoms with Crippen molar-refractivity contribution >= 4 is 55.6 Å². The number of rotatable bonds is 6. The maximum atomic E-state index is 13.0. The number of ketones is 1. The smallest absolute Gasteiger partial charge is 0.238 e. The highest BCUT2D eigenvalue weighted by Crippen LogP contribution is 2.27. The predicted octanol–water partition coefficient (Wildman–Crippen LogP) is 3.16. The number of piperazine rings is 1. The summed E-state index contributed by atoms with van der Waals surface area (Å²) in [7, 11) is 0. The molecule has 1 fully saturated rings. The van der Waals surface area contributed by atoms with Gasteiger partial charge >= 0.3 is 0 Å². The molecule has 0 unspecified atom stereocenters. The number of amides is 2. The van der Waals surface area contributed by atoms with Crippen LogP contribution in [-0.4, -0.2) is 60.6 Å². The second kappa shape index (κ2) is 9.45. The maximum Gasteiger partial charge on any atom is 0.238 e. The molecule has 0 radical (unpaired) electrons. The van der Waals surface area contributed by atoms with Gasteiger partial charge in [0, 0.05) is 46.3 Å². The highest BCUT2D eigenvalue weighted by molar-refractivity contribution is 9.10. The minimum absolute atomic E-state index is 0.177. The average Bonchev–Trinajstić information content (AvgIpc) is 2.70. The monoisotopic (exact) mass is 507 g/mol. The number of hydrogen-bond donors (Lipinski definition) is 1. The number of carbonyl (C=O) groups excluding carboxylic acids is 3. The molecule has 1 heterocycles. The van der Waals surface area contributed by atoms with Crippen molar-refractivity contribution in [2.24, 2.45) is 0 Å². The molecule has 1 N–H and O–H groups in total. The molecule has 1 saturated heterocycles. The molecule has 3 rings (SSSR count). The number of nitrogens with one attached hydrogen (secondary N) is 1. The van der Waals surface area contributed by atoms with Crippen LogP contribution in [0, 0.1) is 0 Å². The van der Waals surface area contributed by atoms with Crippen LogP contribution in [0.5, 0.6) is 0 Å². The molecular weight excluding hydrogens is 490 g/mol. The summed E-state index contributed by atoms with van der Waals surface area (Å²) in [6.45, 7) is 2.73. The van der Waals surface area contributed by atoms with Gasteiger partial charge in [-0.3, -0.25) is 19.3 Å². The Kier molecular flexibility index (Phi) is 6.98. The lowest BCUT2D eigenvalue weighted by molar-refractivity contribution is -0.120. The Morgan fingerprint density at radius 3 is 2.39 bits per heavy atom. The molecule has 0 spiro atoms. The maximum absolute atomic E-state index is 13.0. The van der Waals surface area contributed by atoms with Gasteiger partial charge in [-0.2, -0.15) is 0 Å². The molecule has 6 nitrogen and oxygen atoms in total. The molecular formula is C20H19Br2N3O3. The number of halogens is 2. The zero-order valence-electron chi connectivity index (χ0n) is 15.0. The Morgan fingerprint density at radius 2 is 1.71 bits per heavy atom. The minimum Gasteiger partial charge on any atom is -0.343 e. The van der Waals surface area contributed by atoms with E-state index in [9.17, 15) is 14.4 Å². The molecule has 28 heavy (non-hydrogen) atoms. The summed E-state index contributed by atoms with van der Waals surface area (Å²) in [6, 6.07) is 12.4. The molecule has 0 atom stereocenters. The molecule has 146 valence electrons. The van der Waals surface area contributed by atoms with Gasteiger partial charge < -0.3 is 10.2 Å². The van der Waals surface area contributed by atoms with Gasteiger partial charge in [-0.25, -0.2) is 0 Å². The zero-order chi connectivity index (χ0) is 20.1. The van der Waals surface area contributed by atoms with Crippen LogP contribution in [0.3, 0.4) is 0 Å². The quantitative estimate of drug-likeness (QED) is 0.480. The minimum atomic E-state index is -0.192. The Morgan fingerprint density at radius 1 is 1.00 bits per heavy atom. The van der Waals surface area contributed by atoms with Crippen molar-refractivity contribution in [3.05, 3.63) is 62.5 Å². The Balaban J connectivity index is 1.74. The second-order valence-corrected chi connectivity index (χ2v) is 8.23. The molecule has 1 aliphatic rings. The molecule has 2 aromatic rings.